The van der Waals surface area contributed by atoms with Gasteiger partial charge in [-0.2, -0.15) is 0 Å². The molecule has 0 aliphatic heterocycles. The summed E-state index contributed by atoms with van der Waals surface area (Å²) in [6.07, 6.45) is 8.69. The zero-order valence-electron chi connectivity index (χ0n) is 9.10. The summed E-state index contributed by atoms with van der Waals surface area (Å²) in [5.41, 5.74) is 0.764. The zero-order chi connectivity index (χ0) is 12.0. The number of nitrogens with zero attached hydrogens (tertiary/aromatic N) is 1. The second kappa shape index (κ2) is 5.76. The first-order valence-corrected chi connectivity index (χ1v) is 5.09. The number of hydrogen-bond donors (Lipinski definition) is 2. The fourth-order valence-electron chi connectivity index (χ4n) is 1.29. The Labute approximate surface area is 94.7 Å². The fourth-order valence-corrected chi connectivity index (χ4v) is 1.29. The number of hydrogen-bond acceptors (Lipinski definition) is 3. The Kier molecular flexibility index (Phi) is 4.34. The summed E-state index contributed by atoms with van der Waals surface area (Å²) in [5.74, 6) is 1.60. The molecule has 0 saturated carbocycles. The lowest BCUT2D eigenvalue weighted by Gasteiger charge is -2.12. The molecule has 1 aromatic rings. The largest absolute Gasteiger partial charge is 0.477 e. The van der Waals surface area contributed by atoms with Gasteiger partial charge in [-0.25, -0.2) is 9.78 Å². The minimum Gasteiger partial charge on any atom is -0.477 e. The van der Waals surface area contributed by atoms with Gasteiger partial charge in [-0.3, -0.25) is 0 Å². The molecule has 0 aliphatic carbocycles. The molecule has 0 spiro atoms. The highest BCUT2D eigenvalue weighted by Crippen LogP contribution is 2.10. The SMILES string of the molecule is C#CC(CCC)Nc1ccc(C(=O)O)nc1. The number of carbonyl (C=O) groups is 1. The van der Waals surface area contributed by atoms with Crippen molar-refractivity contribution in [3.05, 3.63) is 24.0 Å². The van der Waals surface area contributed by atoms with Crippen LogP contribution in [0.2, 0.25) is 0 Å². The number of terminal acetylenes is 1. The third-order valence-electron chi connectivity index (χ3n) is 2.10. The minimum atomic E-state index is -1.03. The highest BCUT2D eigenvalue weighted by molar-refractivity contribution is 5.85. The lowest BCUT2D eigenvalue weighted by molar-refractivity contribution is 0.0690. The third-order valence-corrected chi connectivity index (χ3v) is 2.10. The lowest BCUT2D eigenvalue weighted by atomic mass is 10.2. The van der Waals surface area contributed by atoms with Crippen LogP contribution in [0, 0.1) is 12.3 Å². The smallest absolute Gasteiger partial charge is 0.354 e. The second-order valence-corrected chi connectivity index (χ2v) is 3.39. The Hall–Kier alpha value is -2.02. The van der Waals surface area contributed by atoms with Gasteiger partial charge < -0.3 is 10.4 Å². The van der Waals surface area contributed by atoms with Gasteiger partial charge in [0.15, 0.2) is 0 Å². The van der Waals surface area contributed by atoms with Crippen LogP contribution in [-0.2, 0) is 0 Å². The summed E-state index contributed by atoms with van der Waals surface area (Å²) in [7, 11) is 0. The van der Waals surface area contributed by atoms with Crippen LogP contribution in [0.1, 0.15) is 30.3 Å². The molecule has 4 heteroatoms. The van der Waals surface area contributed by atoms with Gasteiger partial charge in [-0.05, 0) is 18.6 Å². The Balaban J connectivity index is 2.68. The van der Waals surface area contributed by atoms with E-state index in [0.29, 0.717) is 0 Å². The molecule has 0 fully saturated rings. The molecule has 2 N–H and O–H groups in total. The second-order valence-electron chi connectivity index (χ2n) is 3.39. The first-order chi connectivity index (χ1) is 7.67. The van der Waals surface area contributed by atoms with Crippen molar-refractivity contribution in [2.24, 2.45) is 0 Å². The maximum Gasteiger partial charge on any atom is 0.354 e. The fraction of sp³-hybridized carbons (Fsp3) is 0.333. The van der Waals surface area contributed by atoms with Crippen molar-refractivity contribution in [2.45, 2.75) is 25.8 Å². The van der Waals surface area contributed by atoms with Crippen LogP contribution >= 0.6 is 0 Å². The first-order valence-electron chi connectivity index (χ1n) is 5.09. The average molecular weight is 218 g/mol. The average Bonchev–Trinajstić information content (AvgIpc) is 2.29. The molecule has 0 radical (unpaired) electrons. The number of pyridine rings is 1. The maximum absolute atomic E-state index is 10.6. The summed E-state index contributed by atoms with van der Waals surface area (Å²) in [5, 5.41) is 11.8. The van der Waals surface area contributed by atoms with Crippen molar-refractivity contribution in [3.63, 3.8) is 0 Å². The number of aromatic carboxylic acids is 1. The van der Waals surface area contributed by atoms with E-state index in [1.807, 2.05) is 0 Å². The van der Waals surface area contributed by atoms with E-state index in [9.17, 15) is 4.79 Å². The zero-order valence-corrected chi connectivity index (χ0v) is 9.10. The van der Waals surface area contributed by atoms with Crippen molar-refractivity contribution in [3.8, 4) is 12.3 Å². The molecular weight excluding hydrogens is 204 g/mol. The molecule has 84 valence electrons. The van der Waals surface area contributed by atoms with Gasteiger partial charge in [0.25, 0.3) is 0 Å². The van der Waals surface area contributed by atoms with Gasteiger partial charge in [0.2, 0.25) is 0 Å². The summed E-state index contributed by atoms with van der Waals surface area (Å²) < 4.78 is 0. The quantitative estimate of drug-likeness (QED) is 0.742. The third kappa shape index (κ3) is 3.28. The van der Waals surface area contributed by atoms with Crippen LogP contribution in [0.5, 0.6) is 0 Å². The van der Waals surface area contributed by atoms with Gasteiger partial charge >= 0.3 is 5.97 Å². The van der Waals surface area contributed by atoms with E-state index in [1.54, 1.807) is 6.07 Å². The summed E-state index contributed by atoms with van der Waals surface area (Å²) in [6, 6.07) is 3.07. The van der Waals surface area contributed by atoms with Crippen LogP contribution in [-0.4, -0.2) is 22.1 Å². The molecule has 0 amide bonds. The Bertz CT molecular complexity index is 392. The standard InChI is InChI=1S/C12H14N2O2/c1-3-5-9(4-2)14-10-6-7-11(12(15)16)13-8-10/h2,6-9,14H,3,5H2,1H3,(H,15,16). The molecule has 1 unspecified atom stereocenters. The summed E-state index contributed by atoms with van der Waals surface area (Å²) >= 11 is 0. The number of anilines is 1. The predicted octanol–water partition coefficient (Wildman–Crippen LogP) is 1.99. The van der Waals surface area contributed by atoms with Gasteiger partial charge in [0, 0.05) is 0 Å². The van der Waals surface area contributed by atoms with E-state index in [1.165, 1.54) is 12.3 Å². The summed E-state index contributed by atoms with van der Waals surface area (Å²) in [4.78, 5) is 14.4. The van der Waals surface area contributed by atoms with Crippen molar-refractivity contribution in [1.82, 2.24) is 4.98 Å². The highest BCUT2D eigenvalue weighted by atomic mass is 16.4. The molecule has 0 aromatic carbocycles. The molecule has 0 saturated heterocycles. The van der Waals surface area contributed by atoms with Crippen LogP contribution in [0.3, 0.4) is 0 Å². The molecule has 1 heterocycles. The van der Waals surface area contributed by atoms with Crippen LogP contribution in [0.25, 0.3) is 0 Å². The van der Waals surface area contributed by atoms with Gasteiger partial charge in [0.05, 0.1) is 17.9 Å². The Morgan fingerprint density at radius 1 is 1.69 bits per heavy atom. The number of carboxylic acid groups (broad SMARTS) is 1. The molecular formula is C12H14N2O2. The van der Waals surface area contributed by atoms with Crippen LogP contribution < -0.4 is 5.32 Å². The predicted molar refractivity (Wildman–Crippen MR) is 62.3 cm³/mol. The number of nitrogens with one attached hydrogen (secondary N) is 1. The van der Waals surface area contributed by atoms with Gasteiger partial charge in [0.1, 0.15) is 5.69 Å². The number of carboxylic acids is 1. The molecule has 0 bridgehead atoms. The molecule has 16 heavy (non-hydrogen) atoms. The van der Waals surface area contributed by atoms with Gasteiger partial charge in [-0.15, -0.1) is 6.42 Å². The monoisotopic (exact) mass is 218 g/mol. The van der Waals surface area contributed by atoms with E-state index < -0.39 is 5.97 Å². The number of rotatable bonds is 5. The van der Waals surface area contributed by atoms with Gasteiger partial charge in [-0.1, -0.05) is 19.3 Å². The highest BCUT2D eigenvalue weighted by Gasteiger charge is 2.06. The van der Waals surface area contributed by atoms with E-state index in [4.69, 9.17) is 11.5 Å². The Morgan fingerprint density at radius 3 is 2.88 bits per heavy atom. The van der Waals surface area contributed by atoms with E-state index in [0.717, 1.165) is 18.5 Å². The number of aromatic nitrogens is 1. The van der Waals surface area contributed by atoms with Crippen molar-refractivity contribution in [2.75, 3.05) is 5.32 Å². The van der Waals surface area contributed by atoms with Crippen molar-refractivity contribution in [1.29, 1.82) is 0 Å². The molecule has 1 aromatic heterocycles. The van der Waals surface area contributed by atoms with Crippen molar-refractivity contribution >= 4 is 11.7 Å². The minimum absolute atomic E-state index is 0.0262. The lowest BCUT2D eigenvalue weighted by Crippen LogP contribution is -2.17. The van der Waals surface area contributed by atoms with E-state index in [-0.39, 0.29) is 11.7 Å². The topological polar surface area (TPSA) is 62.2 Å². The van der Waals surface area contributed by atoms with Crippen LogP contribution in [0.15, 0.2) is 18.3 Å². The van der Waals surface area contributed by atoms with Crippen LogP contribution in [0.4, 0.5) is 5.69 Å². The summed E-state index contributed by atoms with van der Waals surface area (Å²) in [6.45, 7) is 2.05. The molecule has 1 rings (SSSR count). The molecule has 1 atom stereocenters. The van der Waals surface area contributed by atoms with E-state index >= 15 is 0 Å². The molecule has 0 aliphatic rings. The van der Waals surface area contributed by atoms with Crippen molar-refractivity contribution < 1.29 is 9.90 Å². The normalized spacial score (nSPS) is 11.5. The maximum atomic E-state index is 10.6. The Morgan fingerprint density at radius 2 is 2.44 bits per heavy atom. The first kappa shape index (κ1) is 12.1. The molecule has 4 nitrogen and oxygen atoms in total. The van der Waals surface area contributed by atoms with E-state index in [2.05, 4.69) is 23.1 Å².